The van der Waals surface area contributed by atoms with Crippen molar-refractivity contribution < 1.29 is 4.39 Å². The first-order valence-corrected chi connectivity index (χ1v) is 5.47. The van der Waals surface area contributed by atoms with Gasteiger partial charge in [-0.3, -0.25) is 4.98 Å². The van der Waals surface area contributed by atoms with Crippen LogP contribution >= 0.6 is 11.3 Å². The molecule has 0 unspecified atom stereocenters. The van der Waals surface area contributed by atoms with Crippen LogP contribution in [0.2, 0.25) is 0 Å². The van der Waals surface area contributed by atoms with Gasteiger partial charge >= 0.3 is 0 Å². The largest absolute Gasteiger partial charge is 0.252 e. The number of halogens is 1. The molecular weight excluding hydrogens is 225 g/mol. The van der Waals surface area contributed by atoms with E-state index < -0.39 is 0 Å². The summed E-state index contributed by atoms with van der Waals surface area (Å²) in [6.07, 6.45) is 1.46. The Kier molecular flexibility index (Phi) is 2.93. The summed E-state index contributed by atoms with van der Waals surface area (Å²) >= 11 is 1.47. The summed E-state index contributed by atoms with van der Waals surface area (Å²) in [6, 6.07) is 5.00. The normalized spacial score (nSPS) is 10.1. The van der Waals surface area contributed by atoms with Gasteiger partial charge < -0.3 is 0 Å². The van der Waals surface area contributed by atoms with E-state index >= 15 is 0 Å². The van der Waals surface area contributed by atoms with Crippen molar-refractivity contribution in [2.45, 2.75) is 13.3 Å². The zero-order valence-corrected chi connectivity index (χ0v) is 9.38. The van der Waals surface area contributed by atoms with E-state index in [1.54, 1.807) is 6.07 Å². The van der Waals surface area contributed by atoms with Crippen molar-refractivity contribution in [1.29, 1.82) is 5.26 Å². The average molecular weight is 233 g/mol. The van der Waals surface area contributed by atoms with E-state index in [-0.39, 0.29) is 5.82 Å². The summed E-state index contributed by atoms with van der Waals surface area (Å²) in [5.74, 6) is -0.367. The van der Waals surface area contributed by atoms with Crippen LogP contribution < -0.4 is 0 Å². The van der Waals surface area contributed by atoms with Crippen molar-refractivity contribution in [3.63, 3.8) is 0 Å². The second-order valence-electron chi connectivity index (χ2n) is 3.21. The van der Waals surface area contributed by atoms with Gasteiger partial charge in [-0.2, -0.15) is 5.26 Å². The lowest BCUT2D eigenvalue weighted by atomic mass is 10.2. The second-order valence-corrected chi connectivity index (χ2v) is 4.50. The molecule has 0 saturated carbocycles. The Morgan fingerprint density at radius 3 is 2.94 bits per heavy atom. The Morgan fingerprint density at radius 1 is 1.50 bits per heavy atom. The molecule has 0 aliphatic heterocycles. The van der Waals surface area contributed by atoms with Gasteiger partial charge in [-0.05, 0) is 19.1 Å². The molecule has 0 aliphatic rings. The van der Waals surface area contributed by atoms with Crippen molar-refractivity contribution in [2.75, 3.05) is 0 Å². The summed E-state index contributed by atoms with van der Waals surface area (Å²) in [5.41, 5.74) is 1.37. The van der Waals surface area contributed by atoms with E-state index in [9.17, 15) is 4.39 Å². The van der Waals surface area contributed by atoms with Crippen LogP contribution in [0.3, 0.4) is 0 Å². The van der Waals surface area contributed by atoms with E-state index in [1.165, 1.54) is 17.4 Å². The quantitative estimate of drug-likeness (QED) is 0.801. The van der Waals surface area contributed by atoms with Crippen LogP contribution in [0.15, 0.2) is 18.3 Å². The van der Waals surface area contributed by atoms with E-state index in [1.807, 2.05) is 6.92 Å². The first kappa shape index (κ1) is 10.7. The van der Waals surface area contributed by atoms with Crippen molar-refractivity contribution in [2.24, 2.45) is 0 Å². The van der Waals surface area contributed by atoms with Gasteiger partial charge in [0.25, 0.3) is 0 Å². The molecule has 0 aliphatic carbocycles. The standard InChI is InChI=1S/C11H8FN3S/c1-7-11(15-10(16-7)4-5-13)9-3-2-8(12)6-14-9/h2-3,6H,4H2,1H3. The van der Waals surface area contributed by atoms with Crippen molar-refractivity contribution in [3.8, 4) is 17.5 Å². The van der Waals surface area contributed by atoms with Gasteiger partial charge in [-0.1, -0.05) is 0 Å². The molecule has 0 aromatic carbocycles. The number of aryl methyl sites for hydroxylation is 1. The van der Waals surface area contributed by atoms with E-state index in [0.717, 1.165) is 21.8 Å². The average Bonchev–Trinajstić information content (AvgIpc) is 2.61. The monoisotopic (exact) mass is 233 g/mol. The molecule has 2 aromatic rings. The molecule has 2 rings (SSSR count). The SMILES string of the molecule is Cc1sc(CC#N)nc1-c1ccc(F)cn1. The highest BCUT2D eigenvalue weighted by Gasteiger charge is 2.10. The molecule has 0 amide bonds. The number of aromatic nitrogens is 2. The fourth-order valence-electron chi connectivity index (χ4n) is 1.35. The van der Waals surface area contributed by atoms with Gasteiger partial charge in [0.1, 0.15) is 16.5 Å². The topological polar surface area (TPSA) is 49.6 Å². The number of nitriles is 1. The number of hydrogen-bond acceptors (Lipinski definition) is 4. The lowest BCUT2D eigenvalue weighted by Gasteiger charge is -1.96. The molecule has 5 heteroatoms. The smallest absolute Gasteiger partial charge is 0.141 e. The first-order valence-electron chi connectivity index (χ1n) is 4.66. The van der Waals surface area contributed by atoms with Gasteiger partial charge in [-0.25, -0.2) is 9.37 Å². The molecule has 0 bridgehead atoms. The predicted octanol–water partition coefficient (Wildman–Crippen LogP) is 2.72. The van der Waals surface area contributed by atoms with Crippen molar-refractivity contribution >= 4 is 11.3 Å². The molecule has 0 saturated heterocycles. The van der Waals surface area contributed by atoms with Gasteiger partial charge in [0.05, 0.1) is 24.4 Å². The zero-order chi connectivity index (χ0) is 11.5. The number of hydrogen-bond donors (Lipinski definition) is 0. The highest BCUT2D eigenvalue weighted by molar-refractivity contribution is 7.12. The van der Waals surface area contributed by atoms with Crippen LogP contribution in [0.25, 0.3) is 11.4 Å². The van der Waals surface area contributed by atoms with Crippen LogP contribution in [-0.2, 0) is 6.42 Å². The van der Waals surface area contributed by atoms with E-state index in [4.69, 9.17) is 5.26 Å². The van der Waals surface area contributed by atoms with Gasteiger partial charge in [0, 0.05) is 4.88 Å². The Bertz CT molecular complexity index is 539. The fourth-order valence-corrected chi connectivity index (χ4v) is 2.22. The molecule has 0 atom stereocenters. The van der Waals surface area contributed by atoms with E-state index in [2.05, 4.69) is 16.0 Å². The van der Waals surface area contributed by atoms with Crippen LogP contribution in [0.4, 0.5) is 4.39 Å². The Morgan fingerprint density at radius 2 is 2.31 bits per heavy atom. The fraction of sp³-hybridized carbons (Fsp3) is 0.182. The third-order valence-electron chi connectivity index (χ3n) is 2.04. The number of rotatable bonds is 2. The Balaban J connectivity index is 2.40. The van der Waals surface area contributed by atoms with Crippen molar-refractivity contribution in [1.82, 2.24) is 9.97 Å². The highest BCUT2D eigenvalue weighted by Crippen LogP contribution is 2.26. The van der Waals surface area contributed by atoms with Gasteiger partial charge in [0.15, 0.2) is 0 Å². The third-order valence-corrected chi connectivity index (χ3v) is 3.01. The van der Waals surface area contributed by atoms with Crippen LogP contribution in [0.1, 0.15) is 9.88 Å². The molecule has 0 radical (unpaired) electrons. The minimum absolute atomic E-state index is 0.298. The van der Waals surface area contributed by atoms with Gasteiger partial charge in [0.2, 0.25) is 0 Å². The molecule has 80 valence electrons. The zero-order valence-electron chi connectivity index (χ0n) is 8.57. The summed E-state index contributed by atoms with van der Waals surface area (Å²) in [4.78, 5) is 9.27. The van der Waals surface area contributed by atoms with Crippen LogP contribution in [0.5, 0.6) is 0 Å². The summed E-state index contributed by atoms with van der Waals surface area (Å²) < 4.78 is 12.7. The minimum atomic E-state index is -0.367. The first-order chi connectivity index (χ1) is 7.70. The number of nitrogens with zero attached hydrogens (tertiary/aromatic N) is 3. The lowest BCUT2D eigenvalue weighted by molar-refractivity contribution is 0.622. The second kappa shape index (κ2) is 4.37. The molecular formula is C11H8FN3S. The third kappa shape index (κ3) is 2.07. The maximum absolute atomic E-state index is 12.7. The Hall–Kier alpha value is -1.80. The van der Waals surface area contributed by atoms with Crippen LogP contribution in [-0.4, -0.2) is 9.97 Å². The molecule has 2 heterocycles. The van der Waals surface area contributed by atoms with Crippen molar-refractivity contribution in [3.05, 3.63) is 34.0 Å². The summed E-state index contributed by atoms with van der Waals surface area (Å²) in [7, 11) is 0. The minimum Gasteiger partial charge on any atom is -0.252 e. The molecule has 2 aromatic heterocycles. The molecule has 0 spiro atoms. The van der Waals surface area contributed by atoms with Gasteiger partial charge in [-0.15, -0.1) is 11.3 Å². The number of pyridine rings is 1. The summed E-state index contributed by atoms with van der Waals surface area (Å²) in [6.45, 7) is 1.92. The summed E-state index contributed by atoms with van der Waals surface area (Å²) in [5, 5.41) is 9.34. The highest BCUT2D eigenvalue weighted by atomic mass is 32.1. The maximum atomic E-state index is 12.7. The number of thiazole rings is 1. The maximum Gasteiger partial charge on any atom is 0.141 e. The Labute approximate surface area is 96.2 Å². The van der Waals surface area contributed by atoms with Crippen LogP contribution in [0, 0.1) is 24.1 Å². The molecule has 16 heavy (non-hydrogen) atoms. The molecule has 0 fully saturated rings. The van der Waals surface area contributed by atoms with E-state index in [0.29, 0.717) is 12.1 Å². The lowest BCUT2D eigenvalue weighted by Crippen LogP contribution is -1.87. The molecule has 0 N–H and O–H groups in total. The predicted molar refractivity (Wildman–Crippen MR) is 59.4 cm³/mol. The molecule has 3 nitrogen and oxygen atoms in total.